The SMILES string of the molecule is CC(C)C(=O)N1CC2(CCOCC2)c2cc(-c3cccnc3)ccc21. The predicted octanol–water partition coefficient (Wildman–Crippen LogP) is 3.80. The molecule has 4 rings (SSSR count). The molecule has 130 valence electrons. The van der Waals surface area contributed by atoms with Gasteiger partial charge in [0.25, 0.3) is 0 Å². The summed E-state index contributed by atoms with van der Waals surface area (Å²) < 4.78 is 5.62. The number of nitrogens with zero attached hydrogens (tertiary/aromatic N) is 2. The molecule has 1 aromatic carbocycles. The van der Waals surface area contributed by atoms with Gasteiger partial charge in [0.15, 0.2) is 0 Å². The molecule has 1 amide bonds. The van der Waals surface area contributed by atoms with E-state index in [9.17, 15) is 4.79 Å². The molecule has 0 saturated carbocycles. The van der Waals surface area contributed by atoms with Gasteiger partial charge >= 0.3 is 0 Å². The maximum absolute atomic E-state index is 12.8. The van der Waals surface area contributed by atoms with Gasteiger partial charge in [0.05, 0.1) is 0 Å². The molecule has 1 saturated heterocycles. The molecule has 0 bridgehead atoms. The van der Waals surface area contributed by atoms with Crippen molar-refractivity contribution >= 4 is 11.6 Å². The van der Waals surface area contributed by atoms with Crippen molar-refractivity contribution < 1.29 is 9.53 Å². The lowest BCUT2D eigenvalue weighted by Crippen LogP contribution is -2.41. The van der Waals surface area contributed by atoms with Gasteiger partial charge in [-0.3, -0.25) is 9.78 Å². The summed E-state index contributed by atoms with van der Waals surface area (Å²) in [6.07, 6.45) is 5.63. The van der Waals surface area contributed by atoms with Crippen molar-refractivity contribution in [1.82, 2.24) is 4.98 Å². The lowest BCUT2D eigenvalue weighted by Gasteiger charge is -2.34. The van der Waals surface area contributed by atoms with Crippen molar-refractivity contribution in [3.8, 4) is 11.1 Å². The summed E-state index contributed by atoms with van der Waals surface area (Å²) in [4.78, 5) is 19.0. The highest BCUT2D eigenvalue weighted by atomic mass is 16.5. The van der Waals surface area contributed by atoms with E-state index in [1.807, 2.05) is 31.0 Å². The van der Waals surface area contributed by atoms with E-state index >= 15 is 0 Å². The van der Waals surface area contributed by atoms with E-state index in [1.54, 1.807) is 6.20 Å². The smallest absolute Gasteiger partial charge is 0.229 e. The van der Waals surface area contributed by atoms with E-state index in [1.165, 1.54) is 5.56 Å². The molecule has 1 fully saturated rings. The van der Waals surface area contributed by atoms with Crippen LogP contribution in [-0.4, -0.2) is 30.6 Å². The number of fused-ring (bicyclic) bond motifs is 2. The van der Waals surface area contributed by atoms with E-state index in [4.69, 9.17) is 4.74 Å². The summed E-state index contributed by atoms with van der Waals surface area (Å²) >= 11 is 0. The summed E-state index contributed by atoms with van der Waals surface area (Å²) in [5.74, 6) is 0.208. The van der Waals surface area contributed by atoms with Crippen LogP contribution in [0, 0.1) is 5.92 Å². The molecule has 1 spiro atoms. The number of hydrogen-bond donors (Lipinski definition) is 0. The fourth-order valence-corrected chi connectivity index (χ4v) is 4.08. The van der Waals surface area contributed by atoms with Crippen molar-refractivity contribution in [3.63, 3.8) is 0 Å². The minimum atomic E-state index is 0.000778. The van der Waals surface area contributed by atoms with Gasteiger partial charge in [-0.2, -0.15) is 0 Å². The Morgan fingerprint density at radius 3 is 2.68 bits per heavy atom. The number of ether oxygens (including phenoxy) is 1. The predicted molar refractivity (Wildman–Crippen MR) is 98.6 cm³/mol. The van der Waals surface area contributed by atoms with Crippen molar-refractivity contribution in [1.29, 1.82) is 0 Å². The monoisotopic (exact) mass is 336 g/mol. The van der Waals surface area contributed by atoms with Crippen molar-refractivity contribution in [3.05, 3.63) is 48.3 Å². The molecular weight excluding hydrogens is 312 g/mol. The molecule has 25 heavy (non-hydrogen) atoms. The highest BCUT2D eigenvalue weighted by Gasteiger charge is 2.45. The Morgan fingerprint density at radius 2 is 2.00 bits per heavy atom. The van der Waals surface area contributed by atoms with Crippen LogP contribution < -0.4 is 4.90 Å². The third kappa shape index (κ3) is 2.74. The van der Waals surface area contributed by atoms with E-state index in [0.717, 1.165) is 49.4 Å². The van der Waals surface area contributed by atoms with Crippen LogP contribution in [0.4, 0.5) is 5.69 Å². The average molecular weight is 336 g/mol. The molecular formula is C21H24N2O2. The molecule has 2 aliphatic heterocycles. The van der Waals surface area contributed by atoms with Gasteiger partial charge < -0.3 is 9.64 Å². The Kier molecular flexibility index (Phi) is 4.08. The Balaban J connectivity index is 1.81. The summed E-state index contributed by atoms with van der Waals surface area (Å²) in [5.41, 5.74) is 4.67. The summed E-state index contributed by atoms with van der Waals surface area (Å²) in [5, 5.41) is 0. The van der Waals surface area contributed by atoms with E-state index < -0.39 is 0 Å². The van der Waals surface area contributed by atoms with Gasteiger partial charge in [-0.1, -0.05) is 26.0 Å². The maximum atomic E-state index is 12.8. The third-order valence-corrected chi connectivity index (χ3v) is 5.52. The Labute approximate surface area is 148 Å². The number of carbonyl (C=O) groups is 1. The van der Waals surface area contributed by atoms with E-state index in [2.05, 4.69) is 29.2 Å². The van der Waals surface area contributed by atoms with Crippen LogP contribution in [0.15, 0.2) is 42.7 Å². The summed E-state index contributed by atoms with van der Waals surface area (Å²) in [6, 6.07) is 10.5. The van der Waals surface area contributed by atoms with E-state index in [0.29, 0.717) is 0 Å². The first-order valence-electron chi connectivity index (χ1n) is 9.05. The average Bonchev–Trinajstić information content (AvgIpc) is 2.96. The number of carbonyl (C=O) groups excluding carboxylic acids is 1. The normalized spacial score (nSPS) is 18.6. The second-order valence-electron chi connectivity index (χ2n) is 7.45. The molecule has 1 aromatic heterocycles. The number of amides is 1. The quantitative estimate of drug-likeness (QED) is 0.838. The third-order valence-electron chi connectivity index (χ3n) is 5.52. The van der Waals surface area contributed by atoms with Crippen LogP contribution in [-0.2, 0) is 14.9 Å². The molecule has 2 aliphatic rings. The number of anilines is 1. The van der Waals surface area contributed by atoms with Gasteiger partial charge in [0.1, 0.15) is 0 Å². The number of pyridine rings is 1. The molecule has 4 nitrogen and oxygen atoms in total. The Morgan fingerprint density at radius 1 is 1.20 bits per heavy atom. The zero-order valence-corrected chi connectivity index (χ0v) is 14.9. The topological polar surface area (TPSA) is 42.4 Å². The fraction of sp³-hybridized carbons (Fsp3) is 0.429. The van der Waals surface area contributed by atoms with Crippen LogP contribution in [0.5, 0.6) is 0 Å². The van der Waals surface area contributed by atoms with Crippen LogP contribution in [0.3, 0.4) is 0 Å². The first-order chi connectivity index (χ1) is 12.1. The second kappa shape index (κ2) is 6.26. The van der Waals surface area contributed by atoms with Gasteiger partial charge in [0.2, 0.25) is 5.91 Å². The summed E-state index contributed by atoms with van der Waals surface area (Å²) in [6.45, 7) is 6.25. The molecule has 0 unspecified atom stereocenters. The van der Waals surface area contributed by atoms with Crippen LogP contribution in [0.2, 0.25) is 0 Å². The highest BCUT2D eigenvalue weighted by Crippen LogP contribution is 2.48. The van der Waals surface area contributed by atoms with Crippen molar-refractivity contribution in [2.45, 2.75) is 32.1 Å². The van der Waals surface area contributed by atoms with Gasteiger partial charge in [0, 0.05) is 49.2 Å². The minimum Gasteiger partial charge on any atom is -0.381 e. The number of hydrogen-bond acceptors (Lipinski definition) is 3. The molecule has 2 aromatic rings. The molecule has 3 heterocycles. The first kappa shape index (κ1) is 16.3. The standard InChI is InChI=1S/C21H24N2O2/c1-15(2)20(24)23-14-21(7-10-25-11-8-21)18-12-16(5-6-19(18)23)17-4-3-9-22-13-17/h3-6,9,12-13,15H,7-8,10-11,14H2,1-2H3. The second-order valence-corrected chi connectivity index (χ2v) is 7.45. The maximum Gasteiger partial charge on any atom is 0.229 e. The molecule has 0 aliphatic carbocycles. The van der Waals surface area contributed by atoms with E-state index in [-0.39, 0.29) is 17.2 Å². The first-order valence-corrected chi connectivity index (χ1v) is 9.05. The fourth-order valence-electron chi connectivity index (χ4n) is 4.08. The lowest BCUT2D eigenvalue weighted by molar-refractivity contribution is -0.121. The highest BCUT2D eigenvalue weighted by molar-refractivity contribution is 5.98. The zero-order valence-electron chi connectivity index (χ0n) is 14.9. The van der Waals surface area contributed by atoms with Crippen LogP contribution in [0.1, 0.15) is 32.3 Å². The summed E-state index contributed by atoms with van der Waals surface area (Å²) in [7, 11) is 0. The van der Waals surface area contributed by atoms with Gasteiger partial charge in [-0.05, 0) is 47.7 Å². The van der Waals surface area contributed by atoms with Crippen LogP contribution >= 0.6 is 0 Å². The number of rotatable bonds is 2. The number of aromatic nitrogens is 1. The van der Waals surface area contributed by atoms with Crippen molar-refractivity contribution in [2.24, 2.45) is 5.92 Å². The van der Waals surface area contributed by atoms with Crippen molar-refractivity contribution in [2.75, 3.05) is 24.7 Å². The van der Waals surface area contributed by atoms with Gasteiger partial charge in [-0.15, -0.1) is 0 Å². The Hall–Kier alpha value is -2.20. The Bertz CT molecular complexity index is 780. The van der Waals surface area contributed by atoms with Gasteiger partial charge in [-0.25, -0.2) is 0 Å². The minimum absolute atomic E-state index is 0.000778. The molecule has 0 N–H and O–H groups in total. The molecule has 0 atom stereocenters. The molecule has 4 heteroatoms. The zero-order chi connectivity index (χ0) is 17.4. The largest absolute Gasteiger partial charge is 0.381 e. The number of benzene rings is 1. The van der Waals surface area contributed by atoms with Crippen LogP contribution in [0.25, 0.3) is 11.1 Å². The molecule has 0 radical (unpaired) electrons. The lowest BCUT2D eigenvalue weighted by atomic mass is 9.75.